The van der Waals surface area contributed by atoms with Gasteiger partial charge < -0.3 is 9.47 Å². The first-order valence-electron chi connectivity index (χ1n) is 6.40. The second-order valence-electron chi connectivity index (χ2n) is 4.69. The standard InChI is InChI=1S/C15H18O4/c1-18-8-7-14(16)12-6-4-10-3-5-11(19-2)9-13(10)15(12)17/h3,5,9,12H,4,6-8H2,1-2H3. The molecule has 4 nitrogen and oxygen atoms in total. The minimum Gasteiger partial charge on any atom is -0.497 e. The van der Waals surface area contributed by atoms with Gasteiger partial charge in [0.25, 0.3) is 0 Å². The SMILES string of the molecule is COCCC(=O)C1CCc2ccc(OC)cc2C1=O. The smallest absolute Gasteiger partial charge is 0.173 e. The fourth-order valence-electron chi connectivity index (χ4n) is 2.43. The number of fused-ring (bicyclic) bond motifs is 1. The van der Waals surface area contributed by atoms with E-state index in [1.54, 1.807) is 20.3 Å². The zero-order chi connectivity index (χ0) is 13.8. The number of benzene rings is 1. The summed E-state index contributed by atoms with van der Waals surface area (Å²) in [4.78, 5) is 24.4. The summed E-state index contributed by atoms with van der Waals surface area (Å²) in [6, 6.07) is 5.48. The maximum Gasteiger partial charge on any atom is 0.173 e. The molecule has 102 valence electrons. The van der Waals surface area contributed by atoms with Gasteiger partial charge in [-0.3, -0.25) is 9.59 Å². The molecular formula is C15H18O4. The highest BCUT2D eigenvalue weighted by Gasteiger charge is 2.32. The summed E-state index contributed by atoms with van der Waals surface area (Å²) in [6.45, 7) is 0.369. The van der Waals surface area contributed by atoms with Crippen LogP contribution < -0.4 is 4.74 Å². The summed E-state index contributed by atoms with van der Waals surface area (Å²) < 4.78 is 10.0. The lowest BCUT2D eigenvalue weighted by Crippen LogP contribution is -2.30. The first kappa shape index (κ1) is 13.7. The van der Waals surface area contributed by atoms with E-state index in [1.807, 2.05) is 12.1 Å². The number of ketones is 2. The number of Topliss-reactive ketones (excluding diaryl/α,β-unsaturated/α-hetero) is 2. The second kappa shape index (κ2) is 5.97. The molecule has 0 saturated heterocycles. The van der Waals surface area contributed by atoms with Crippen LogP contribution in [0.1, 0.15) is 28.8 Å². The summed E-state index contributed by atoms with van der Waals surface area (Å²) in [6.07, 6.45) is 1.65. The van der Waals surface area contributed by atoms with Crippen LogP contribution in [0.4, 0.5) is 0 Å². The van der Waals surface area contributed by atoms with Crippen LogP contribution in [-0.2, 0) is 16.0 Å². The molecule has 1 aliphatic rings. The van der Waals surface area contributed by atoms with Crippen molar-refractivity contribution in [1.29, 1.82) is 0 Å². The summed E-state index contributed by atoms with van der Waals surface area (Å²) in [5.74, 6) is 0.0217. The summed E-state index contributed by atoms with van der Waals surface area (Å²) >= 11 is 0. The number of hydrogen-bond acceptors (Lipinski definition) is 4. The van der Waals surface area contributed by atoms with E-state index < -0.39 is 5.92 Å². The van der Waals surface area contributed by atoms with E-state index in [1.165, 1.54) is 0 Å². The molecule has 2 rings (SSSR count). The van der Waals surface area contributed by atoms with Crippen molar-refractivity contribution in [2.24, 2.45) is 5.92 Å². The average molecular weight is 262 g/mol. The van der Waals surface area contributed by atoms with Crippen molar-refractivity contribution in [3.63, 3.8) is 0 Å². The first-order chi connectivity index (χ1) is 9.17. The Morgan fingerprint density at radius 1 is 1.37 bits per heavy atom. The summed E-state index contributed by atoms with van der Waals surface area (Å²) in [7, 11) is 3.12. The lowest BCUT2D eigenvalue weighted by atomic mass is 9.80. The van der Waals surface area contributed by atoms with E-state index in [0.717, 1.165) is 12.0 Å². The van der Waals surface area contributed by atoms with Gasteiger partial charge in [0.1, 0.15) is 11.5 Å². The highest BCUT2D eigenvalue weighted by atomic mass is 16.5. The average Bonchev–Trinajstić information content (AvgIpc) is 2.45. The van der Waals surface area contributed by atoms with E-state index in [2.05, 4.69) is 0 Å². The quantitative estimate of drug-likeness (QED) is 0.762. The Balaban J connectivity index is 2.20. The Hall–Kier alpha value is -1.68. The summed E-state index contributed by atoms with van der Waals surface area (Å²) in [5.41, 5.74) is 1.63. The molecule has 1 aliphatic carbocycles. The molecule has 0 radical (unpaired) electrons. The Bertz CT molecular complexity index is 493. The predicted octanol–water partition coefficient (Wildman–Crippen LogP) is 2.05. The molecule has 1 aromatic carbocycles. The van der Waals surface area contributed by atoms with Crippen molar-refractivity contribution >= 4 is 11.6 Å². The molecule has 0 fully saturated rings. The molecule has 1 aromatic rings. The maximum absolute atomic E-state index is 12.4. The lowest BCUT2D eigenvalue weighted by molar-refractivity contribution is -0.122. The van der Waals surface area contributed by atoms with Gasteiger partial charge in [0.05, 0.1) is 19.6 Å². The molecule has 1 unspecified atom stereocenters. The maximum atomic E-state index is 12.4. The van der Waals surface area contributed by atoms with Gasteiger partial charge >= 0.3 is 0 Å². The number of methoxy groups -OCH3 is 2. The van der Waals surface area contributed by atoms with Gasteiger partial charge in [-0.2, -0.15) is 0 Å². The molecule has 0 bridgehead atoms. The van der Waals surface area contributed by atoms with Gasteiger partial charge in [-0.1, -0.05) is 6.07 Å². The Kier molecular flexibility index (Phi) is 4.32. The van der Waals surface area contributed by atoms with Crippen LogP contribution in [0.15, 0.2) is 18.2 Å². The monoisotopic (exact) mass is 262 g/mol. The third kappa shape index (κ3) is 2.84. The molecule has 0 heterocycles. The van der Waals surface area contributed by atoms with Crippen molar-refractivity contribution < 1.29 is 19.1 Å². The number of aryl methyl sites for hydroxylation is 1. The number of rotatable bonds is 5. The molecule has 1 atom stereocenters. The normalized spacial score (nSPS) is 18.0. The van der Waals surface area contributed by atoms with Crippen molar-refractivity contribution in [1.82, 2.24) is 0 Å². The Labute approximate surface area is 112 Å². The molecule has 4 heteroatoms. The molecule has 0 aliphatic heterocycles. The van der Waals surface area contributed by atoms with E-state index in [4.69, 9.17) is 9.47 Å². The third-order valence-electron chi connectivity index (χ3n) is 3.54. The minimum atomic E-state index is -0.519. The highest BCUT2D eigenvalue weighted by molar-refractivity contribution is 6.12. The fourth-order valence-corrected chi connectivity index (χ4v) is 2.43. The predicted molar refractivity (Wildman–Crippen MR) is 70.6 cm³/mol. The van der Waals surface area contributed by atoms with Crippen molar-refractivity contribution in [2.75, 3.05) is 20.8 Å². The molecule has 0 N–H and O–H groups in total. The van der Waals surface area contributed by atoms with E-state index in [-0.39, 0.29) is 11.6 Å². The number of carbonyl (C=O) groups excluding carboxylic acids is 2. The summed E-state index contributed by atoms with van der Waals surface area (Å²) in [5, 5.41) is 0. The van der Waals surface area contributed by atoms with Crippen LogP contribution in [0, 0.1) is 5.92 Å². The molecule has 0 amide bonds. The largest absolute Gasteiger partial charge is 0.497 e. The fraction of sp³-hybridized carbons (Fsp3) is 0.467. The topological polar surface area (TPSA) is 52.6 Å². The number of hydrogen-bond donors (Lipinski definition) is 0. The van der Waals surface area contributed by atoms with Crippen LogP contribution in [0.3, 0.4) is 0 Å². The molecule has 0 aromatic heterocycles. The van der Waals surface area contributed by atoms with Crippen LogP contribution in [0.2, 0.25) is 0 Å². The third-order valence-corrected chi connectivity index (χ3v) is 3.54. The number of ether oxygens (including phenoxy) is 2. The van der Waals surface area contributed by atoms with Gasteiger partial charge in [0.2, 0.25) is 0 Å². The van der Waals surface area contributed by atoms with Crippen molar-refractivity contribution in [3.8, 4) is 5.75 Å². The van der Waals surface area contributed by atoms with Crippen molar-refractivity contribution in [3.05, 3.63) is 29.3 Å². The lowest BCUT2D eigenvalue weighted by Gasteiger charge is -2.22. The van der Waals surface area contributed by atoms with Crippen LogP contribution in [-0.4, -0.2) is 32.4 Å². The van der Waals surface area contributed by atoms with Crippen LogP contribution in [0.25, 0.3) is 0 Å². The van der Waals surface area contributed by atoms with Crippen molar-refractivity contribution in [2.45, 2.75) is 19.3 Å². The first-order valence-corrected chi connectivity index (χ1v) is 6.40. The van der Waals surface area contributed by atoms with Gasteiger partial charge in [0, 0.05) is 19.1 Å². The van der Waals surface area contributed by atoms with E-state index in [9.17, 15) is 9.59 Å². The van der Waals surface area contributed by atoms with E-state index >= 15 is 0 Å². The minimum absolute atomic E-state index is 0.0275. The zero-order valence-electron chi connectivity index (χ0n) is 11.3. The van der Waals surface area contributed by atoms with Crippen LogP contribution >= 0.6 is 0 Å². The van der Waals surface area contributed by atoms with E-state index in [0.29, 0.717) is 30.8 Å². The van der Waals surface area contributed by atoms with Gasteiger partial charge in [-0.05, 0) is 30.5 Å². The van der Waals surface area contributed by atoms with Gasteiger partial charge in [0.15, 0.2) is 5.78 Å². The Morgan fingerprint density at radius 3 is 2.84 bits per heavy atom. The molecule has 19 heavy (non-hydrogen) atoms. The molecule has 0 saturated carbocycles. The van der Waals surface area contributed by atoms with Crippen LogP contribution in [0.5, 0.6) is 5.75 Å². The molecular weight excluding hydrogens is 244 g/mol. The second-order valence-corrected chi connectivity index (χ2v) is 4.69. The zero-order valence-corrected chi connectivity index (χ0v) is 11.3. The van der Waals surface area contributed by atoms with Gasteiger partial charge in [-0.15, -0.1) is 0 Å². The van der Waals surface area contributed by atoms with Gasteiger partial charge in [-0.25, -0.2) is 0 Å². The molecule has 0 spiro atoms. The highest BCUT2D eigenvalue weighted by Crippen LogP contribution is 2.29. The Morgan fingerprint density at radius 2 is 2.16 bits per heavy atom. The number of carbonyl (C=O) groups is 2.